The predicted octanol–water partition coefficient (Wildman–Crippen LogP) is 9.87. The average molecular weight is 538 g/mol. The van der Waals surface area contributed by atoms with E-state index in [0.717, 1.165) is 33.4 Å². The summed E-state index contributed by atoms with van der Waals surface area (Å²) in [4.78, 5) is 14.9. The van der Waals surface area contributed by atoms with Crippen LogP contribution in [-0.2, 0) is 0 Å². The first-order valence-corrected chi connectivity index (χ1v) is 14.0. The summed E-state index contributed by atoms with van der Waals surface area (Å²) in [5.74, 6) is 1.94. The molecule has 7 aromatic rings. The molecule has 0 bridgehead atoms. The molecule has 0 atom stereocenters. The summed E-state index contributed by atoms with van der Waals surface area (Å²) in [6.07, 6.45) is 0. The maximum Gasteiger partial charge on any atom is 0.164 e. The smallest absolute Gasteiger partial charge is 0.164 e. The molecule has 1 aromatic heterocycles. The second kappa shape index (κ2) is 11.4. The highest BCUT2D eigenvalue weighted by molar-refractivity contribution is 5.86. The highest BCUT2D eigenvalue weighted by Gasteiger charge is 2.15. The van der Waals surface area contributed by atoms with Crippen LogP contribution >= 0.6 is 0 Å². The van der Waals surface area contributed by atoms with Gasteiger partial charge in [0.15, 0.2) is 17.5 Å². The first-order chi connectivity index (χ1) is 20.8. The molecule has 0 unspecified atom stereocenters. The van der Waals surface area contributed by atoms with Crippen molar-refractivity contribution in [2.45, 2.75) is 0 Å². The van der Waals surface area contributed by atoms with Crippen molar-refractivity contribution >= 4 is 0 Å². The molecule has 3 nitrogen and oxygen atoms in total. The van der Waals surface area contributed by atoms with Crippen molar-refractivity contribution in [3.63, 3.8) is 0 Å². The Bertz CT molecular complexity index is 1940. The minimum atomic E-state index is 0.641. The van der Waals surface area contributed by atoms with Crippen LogP contribution in [0.2, 0.25) is 0 Å². The standard InChI is InChI=1S/C39H27N3/c1-5-13-28(14-6-1)29-21-23-33(24-22-29)38-40-37(32-19-11-4-12-20-32)41-39(42-38)34-25-26-35(30-15-7-2-8-16-30)36(27-34)31-17-9-3-10-18-31/h1-27H. The Kier molecular flexibility index (Phi) is 6.89. The number of hydrogen-bond acceptors (Lipinski definition) is 3. The van der Waals surface area contributed by atoms with Crippen LogP contribution < -0.4 is 0 Å². The van der Waals surface area contributed by atoms with Crippen LogP contribution in [0, 0.1) is 0 Å². The van der Waals surface area contributed by atoms with E-state index in [-0.39, 0.29) is 0 Å². The molecule has 1 heterocycles. The third-order valence-electron chi connectivity index (χ3n) is 7.36. The molecule has 0 fully saturated rings. The van der Waals surface area contributed by atoms with E-state index in [1.165, 1.54) is 16.7 Å². The Labute approximate surface area is 245 Å². The Balaban J connectivity index is 1.37. The highest BCUT2D eigenvalue weighted by Crippen LogP contribution is 2.36. The maximum absolute atomic E-state index is 5.02. The number of rotatable bonds is 6. The summed E-state index contributed by atoms with van der Waals surface area (Å²) in [6, 6.07) is 56.4. The largest absolute Gasteiger partial charge is 0.208 e. The monoisotopic (exact) mass is 537 g/mol. The van der Waals surface area contributed by atoms with Crippen molar-refractivity contribution in [3.05, 3.63) is 164 Å². The third-order valence-corrected chi connectivity index (χ3v) is 7.36. The number of hydrogen-bond donors (Lipinski definition) is 0. The summed E-state index contributed by atoms with van der Waals surface area (Å²) in [5, 5.41) is 0. The van der Waals surface area contributed by atoms with Crippen LogP contribution in [0.3, 0.4) is 0 Å². The van der Waals surface area contributed by atoms with Crippen molar-refractivity contribution in [2.75, 3.05) is 0 Å². The molecule has 0 saturated heterocycles. The number of aromatic nitrogens is 3. The van der Waals surface area contributed by atoms with E-state index in [1.807, 2.05) is 48.5 Å². The first-order valence-electron chi connectivity index (χ1n) is 14.0. The van der Waals surface area contributed by atoms with Crippen LogP contribution in [0.15, 0.2) is 164 Å². The van der Waals surface area contributed by atoms with Gasteiger partial charge in [-0.1, -0.05) is 158 Å². The molecule has 0 spiro atoms. The summed E-state index contributed by atoms with van der Waals surface area (Å²) in [5.41, 5.74) is 9.78. The van der Waals surface area contributed by atoms with Crippen molar-refractivity contribution in [1.29, 1.82) is 0 Å². The van der Waals surface area contributed by atoms with E-state index < -0.39 is 0 Å². The van der Waals surface area contributed by atoms with E-state index in [4.69, 9.17) is 15.0 Å². The normalized spacial score (nSPS) is 10.9. The zero-order chi connectivity index (χ0) is 28.1. The fraction of sp³-hybridized carbons (Fsp3) is 0. The molecule has 0 radical (unpaired) electrons. The molecule has 198 valence electrons. The molecule has 0 saturated carbocycles. The lowest BCUT2D eigenvalue weighted by Gasteiger charge is -2.14. The highest BCUT2D eigenvalue weighted by atomic mass is 15.0. The second-order valence-corrected chi connectivity index (χ2v) is 10.1. The van der Waals surface area contributed by atoms with Gasteiger partial charge in [0, 0.05) is 16.7 Å². The molecule has 7 rings (SSSR count). The molecule has 6 aromatic carbocycles. The molecular weight excluding hydrogens is 510 g/mol. The Morgan fingerprint density at radius 1 is 0.238 bits per heavy atom. The molecule has 0 aliphatic carbocycles. The van der Waals surface area contributed by atoms with E-state index in [0.29, 0.717) is 17.5 Å². The van der Waals surface area contributed by atoms with Gasteiger partial charge >= 0.3 is 0 Å². The summed E-state index contributed by atoms with van der Waals surface area (Å²) in [7, 11) is 0. The molecule has 3 heteroatoms. The average Bonchev–Trinajstić information content (AvgIpc) is 3.09. The minimum Gasteiger partial charge on any atom is -0.208 e. The van der Waals surface area contributed by atoms with Crippen LogP contribution in [0.5, 0.6) is 0 Å². The quantitative estimate of drug-likeness (QED) is 0.212. The molecule has 0 aliphatic rings. The van der Waals surface area contributed by atoms with Gasteiger partial charge in [-0.2, -0.15) is 0 Å². The SMILES string of the molecule is c1ccc(-c2ccc(-c3nc(-c4ccccc4)nc(-c4ccc(-c5ccccc5)c(-c5ccccc5)c4)n3)cc2)cc1. The van der Waals surface area contributed by atoms with Crippen molar-refractivity contribution in [2.24, 2.45) is 0 Å². The van der Waals surface area contributed by atoms with Crippen molar-refractivity contribution < 1.29 is 0 Å². The van der Waals surface area contributed by atoms with Gasteiger partial charge in [0.1, 0.15) is 0 Å². The zero-order valence-electron chi connectivity index (χ0n) is 22.9. The summed E-state index contributed by atoms with van der Waals surface area (Å²) < 4.78 is 0. The Morgan fingerprint density at radius 2 is 0.571 bits per heavy atom. The Morgan fingerprint density at radius 3 is 1.10 bits per heavy atom. The van der Waals surface area contributed by atoms with Gasteiger partial charge in [0.2, 0.25) is 0 Å². The number of nitrogens with zero attached hydrogens (tertiary/aromatic N) is 3. The maximum atomic E-state index is 5.02. The van der Waals surface area contributed by atoms with Crippen molar-refractivity contribution in [1.82, 2.24) is 15.0 Å². The van der Waals surface area contributed by atoms with Gasteiger partial charge in [-0.15, -0.1) is 0 Å². The van der Waals surface area contributed by atoms with Gasteiger partial charge in [-0.05, 0) is 39.4 Å². The van der Waals surface area contributed by atoms with E-state index in [2.05, 4.69) is 115 Å². The van der Waals surface area contributed by atoms with Crippen LogP contribution in [-0.4, -0.2) is 15.0 Å². The van der Waals surface area contributed by atoms with Gasteiger partial charge in [0.05, 0.1) is 0 Å². The summed E-state index contributed by atoms with van der Waals surface area (Å²) >= 11 is 0. The fourth-order valence-electron chi connectivity index (χ4n) is 5.20. The lowest BCUT2D eigenvalue weighted by Crippen LogP contribution is -2.00. The molecule has 42 heavy (non-hydrogen) atoms. The van der Waals surface area contributed by atoms with E-state index in [1.54, 1.807) is 0 Å². The topological polar surface area (TPSA) is 38.7 Å². The third kappa shape index (κ3) is 5.24. The lowest BCUT2D eigenvalue weighted by molar-refractivity contribution is 1.07. The van der Waals surface area contributed by atoms with Gasteiger partial charge in [0.25, 0.3) is 0 Å². The Hall–Kier alpha value is -5.67. The van der Waals surface area contributed by atoms with Crippen LogP contribution in [0.4, 0.5) is 0 Å². The predicted molar refractivity (Wildman–Crippen MR) is 172 cm³/mol. The van der Waals surface area contributed by atoms with Gasteiger partial charge in [-0.25, -0.2) is 15.0 Å². The summed E-state index contributed by atoms with van der Waals surface area (Å²) in [6.45, 7) is 0. The zero-order valence-corrected chi connectivity index (χ0v) is 22.9. The molecular formula is C39H27N3. The second-order valence-electron chi connectivity index (χ2n) is 10.1. The van der Waals surface area contributed by atoms with Crippen LogP contribution in [0.25, 0.3) is 67.5 Å². The molecule has 0 aliphatic heterocycles. The fourth-order valence-corrected chi connectivity index (χ4v) is 5.20. The number of benzene rings is 6. The molecule has 0 N–H and O–H groups in total. The lowest BCUT2D eigenvalue weighted by atomic mass is 9.92. The van der Waals surface area contributed by atoms with Gasteiger partial charge in [-0.3, -0.25) is 0 Å². The van der Waals surface area contributed by atoms with E-state index >= 15 is 0 Å². The van der Waals surface area contributed by atoms with E-state index in [9.17, 15) is 0 Å². The minimum absolute atomic E-state index is 0.641. The molecule has 0 amide bonds. The van der Waals surface area contributed by atoms with Gasteiger partial charge < -0.3 is 0 Å². The first kappa shape index (κ1) is 25.3. The van der Waals surface area contributed by atoms with Crippen molar-refractivity contribution in [3.8, 4) is 67.5 Å². The van der Waals surface area contributed by atoms with Crippen LogP contribution in [0.1, 0.15) is 0 Å².